The van der Waals surface area contributed by atoms with Crippen molar-refractivity contribution in [2.24, 2.45) is 5.92 Å². The lowest BCUT2D eigenvalue weighted by Crippen LogP contribution is -2.44. The van der Waals surface area contributed by atoms with E-state index in [1.165, 1.54) is 4.31 Å². The van der Waals surface area contributed by atoms with Crippen LogP contribution in [0.15, 0.2) is 67.0 Å². The summed E-state index contributed by atoms with van der Waals surface area (Å²) < 4.78 is 27.4. The fraction of sp³-hybridized carbons (Fsp3) is 0.280. The van der Waals surface area contributed by atoms with Crippen molar-refractivity contribution in [3.8, 4) is 0 Å². The van der Waals surface area contributed by atoms with E-state index >= 15 is 0 Å². The maximum absolute atomic E-state index is 13.0. The summed E-state index contributed by atoms with van der Waals surface area (Å²) >= 11 is 12.0. The first-order chi connectivity index (χ1) is 16.3. The molecule has 1 saturated heterocycles. The van der Waals surface area contributed by atoms with Gasteiger partial charge in [0.2, 0.25) is 15.9 Å². The first-order valence-electron chi connectivity index (χ1n) is 11.0. The number of amides is 1. The van der Waals surface area contributed by atoms with E-state index in [0.29, 0.717) is 40.7 Å². The van der Waals surface area contributed by atoms with Gasteiger partial charge in [-0.15, -0.1) is 0 Å². The van der Waals surface area contributed by atoms with E-state index in [1.807, 2.05) is 36.4 Å². The average molecular weight is 518 g/mol. The van der Waals surface area contributed by atoms with Crippen LogP contribution in [0.4, 0.5) is 5.69 Å². The molecule has 1 amide bonds. The Morgan fingerprint density at radius 3 is 2.35 bits per heavy atom. The summed E-state index contributed by atoms with van der Waals surface area (Å²) in [6.45, 7) is 0.562. The lowest BCUT2D eigenvalue weighted by Gasteiger charge is -2.31. The molecule has 6 nitrogen and oxygen atoms in total. The Labute approximate surface area is 210 Å². The zero-order chi connectivity index (χ0) is 24.1. The van der Waals surface area contributed by atoms with E-state index in [4.69, 9.17) is 23.2 Å². The topological polar surface area (TPSA) is 79.4 Å². The van der Waals surface area contributed by atoms with Gasteiger partial charge in [-0.25, -0.2) is 12.7 Å². The van der Waals surface area contributed by atoms with Crippen molar-refractivity contribution in [1.82, 2.24) is 9.29 Å². The van der Waals surface area contributed by atoms with E-state index in [2.05, 4.69) is 10.3 Å². The summed E-state index contributed by atoms with van der Waals surface area (Å²) in [6.07, 6.45) is 5.59. The van der Waals surface area contributed by atoms with E-state index < -0.39 is 15.9 Å². The largest absolute Gasteiger partial charge is 0.326 e. The molecule has 1 atom stereocenters. The molecule has 3 aromatic rings. The molecule has 1 N–H and O–H groups in total. The average Bonchev–Trinajstić information content (AvgIpc) is 2.83. The van der Waals surface area contributed by atoms with Crippen molar-refractivity contribution in [2.45, 2.75) is 25.0 Å². The zero-order valence-corrected chi connectivity index (χ0v) is 20.8. The number of piperidine rings is 1. The molecule has 0 spiro atoms. The summed E-state index contributed by atoms with van der Waals surface area (Å²) in [5, 5.41) is 3.63. The Kier molecular flexibility index (Phi) is 7.88. The zero-order valence-electron chi connectivity index (χ0n) is 18.5. The number of pyridine rings is 1. The molecule has 0 radical (unpaired) electrons. The fourth-order valence-corrected chi connectivity index (χ4v) is 5.95. The molecule has 2 aromatic carbocycles. The number of benzene rings is 2. The SMILES string of the molecule is O=C(Nc1ccc(Cc2ccncc2)cc1)[C@@H]1CCCN(S(=O)(=O)Cc2ccc(Cl)c(Cl)c2)C1. The van der Waals surface area contributed by atoms with Crippen LogP contribution in [0.2, 0.25) is 10.0 Å². The van der Waals surface area contributed by atoms with Gasteiger partial charge in [-0.3, -0.25) is 9.78 Å². The van der Waals surface area contributed by atoms with Crippen molar-refractivity contribution < 1.29 is 13.2 Å². The van der Waals surface area contributed by atoms with Crippen LogP contribution < -0.4 is 5.32 Å². The van der Waals surface area contributed by atoms with Gasteiger partial charge in [0, 0.05) is 31.2 Å². The molecule has 9 heteroatoms. The quantitative estimate of drug-likeness (QED) is 0.469. The normalized spacial score (nSPS) is 16.8. The number of sulfonamides is 1. The van der Waals surface area contributed by atoms with Gasteiger partial charge in [-0.1, -0.05) is 41.4 Å². The van der Waals surface area contributed by atoms with Crippen LogP contribution in [0.5, 0.6) is 0 Å². The van der Waals surface area contributed by atoms with Crippen molar-refractivity contribution in [3.05, 3.63) is 93.7 Å². The highest BCUT2D eigenvalue weighted by molar-refractivity contribution is 7.88. The molecule has 1 aliphatic heterocycles. The second-order valence-corrected chi connectivity index (χ2v) is 11.2. The molecule has 0 unspecified atom stereocenters. The van der Waals surface area contributed by atoms with Crippen LogP contribution in [0, 0.1) is 5.92 Å². The third-order valence-electron chi connectivity index (χ3n) is 5.86. The number of carbonyl (C=O) groups is 1. The Balaban J connectivity index is 1.36. The minimum atomic E-state index is -3.59. The van der Waals surface area contributed by atoms with Crippen molar-refractivity contribution in [2.75, 3.05) is 18.4 Å². The van der Waals surface area contributed by atoms with Crippen molar-refractivity contribution >= 4 is 44.8 Å². The summed E-state index contributed by atoms with van der Waals surface area (Å²) in [6, 6.07) is 16.4. The number of hydrogen-bond donors (Lipinski definition) is 1. The summed E-state index contributed by atoms with van der Waals surface area (Å²) in [5.41, 5.74) is 3.55. The number of anilines is 1. The lowest BCUT2D eigenvalue weighted by molar-refractivity contribution is -0.120. The van der Waals surface area contributed by atoms with E-state index in [-0.39, 0.29) is 18.2 Å². The molecule has 1 fully saturated rings. The highest BCUT2D eigenvalue weighted by Gasteiger charge is 2.32. The molecule has 0 saturated carbocycles. The van der Waals surface area contributed by atoms with E-state index in [0.717, 1.165) is 17.5 Å². The Hall–Kier alpha value is -2.45. The van der Waals surface area contributed by atoms with Gasteiger partial charge in [0.25, 0.3) is 0 Å². The molecular weight excluding hydrogens is 493 g/mol. The predicted octanol–water partition coefficient (Wildman–Crippen LogP) is 5.16. The van der Waals surface area contributed by atoms with Crippen LogP contribution in [0.3, 0.4) is 0 Å². The van der Waals surface area contributed by atoms with Gasteiger partial charge in [0.1, 0.15) is 0 Å². The van der Waals surface area contributed by atoms with Gasteiger partial charge >= 0.3 is 0 Å². The van der Waals surface area contributed by atoms with Gasteiger partial charge in [0.15, 0.2) is 0 Å². The predicted molar refractivity (Wildman–Crippen MR) is 135 cm³/mol. The molecule has 4 rings (SSSR count). The third kappa shape index (κ3) is 6.36. The molecular formula is C25H25Cl2N3O3S. The Morgan fingerprint density at radius 1 is 0.971 bits per heavy atom. The summed E-state index contributed by atoms with van der Waals surface area (Å²) in [7, 11) is -3.59. The maximum Gasteiger partial charge on any atom is 0.228 e. The smallest absolute Gasteiger partial charge is 0.228 e. The highest BCUT2D eigenvalue weighted by atomic mass is 35.5. The minimum Gasteiger partial charge on any atom is -0.326 e. The standard InChI is InChI=1S/C25H25Cl2N3O3S/c26-23-8-5-20(15-24(23)27)17-34(32,33)30-13-1-2-21(16-30)25(31)29-22-6-3-18(4-7-22)14-19-9-11-28-12-10-19/h3-12,15,21H,1-2,13-14,16-17H2,(H,29,31)/t21-/m1/s1. The number of aromatic nitrogens is 1. The number of carbonyl (C=O) groups excluding carboxylic acids is 1. The molecule has 2 heterocycles. The number of rotatable bonds is 7. The second-order valence-electron chi connectivity index (χ2n) is 8.42. The summed E-state index contributed by atoms with van der Waals surface area (Å²) in [4.78, 5) is 16.9. The molecule has 1 aliphatic rings. The Bertz CT molecular complexity index is 1250. The van der Waals surface area contributed by atoms with Gasteiger partial charge < -0.3 is 5.32 Å². The van der Waals surface area contributed by atoms with Gasteiger partial charge in [0.05, 0.1) is 21.7 Å². The maximum atomic E-state index is 13.0. The van der Waals surface area contributed by atoms with Crippen LogP contribution >= 0.6 is 23.2 Å². The van der Waals surface area contributed by atoms with Crippen molar-refractivity contribution in [3.63, 3.8) is 0 Å². The van der Waals surface area contributed by atoms with Crippen LogP contribution in [-0.2, 0) is 27.0 Å². The first kappa shape index (κ1) is 24.7. The monoisotopic (exact) mass is 517 g/mol. The highest BCUT2D eigenvalue weighted by Crippen LogP contribution is 2.26. The van der Waals surface area contributed by atoms with E-state index in [1.54, 1.807) is 30.6 Å². The second kappa shape index (κ2) is 10.9. The molecule has 34 heavy (non-hydrogen) atoms. The number of hydrogen-bond acceptors (Lipinski definition) is 4. The van der Waals surface area contributed by atoms with Gasteiger partial charge in [-0.05, 0) is 72.4 Å². The fourth-order valence-electron chi connectivity index (χ4n) is 4.03. The summed E-state index contributed by atoms with van der Waals surface area (Å²) in [5.74, 6) is -0.762. The molecule has 0 bridgehead atoms. The minimum absolute atomic E-state index is 0.162. The molecule has 178 valence electrons. The third-order valence-corrected chi connectivity index (χ3v) is 8.42. The molecule has 0 aliphatic carbocycles. The van der Waals surface area contributed by atoms with E-state index in [9.17, 15) is 13.2 Å². The lowest BCUT2D eigenvalue weighted by atomic mass is 9.98. The number of nitrogens with one attached hydrogen (secondary N) is 1. The number of nitrogens with zero attached hydrogens (tertiary/aromatic N) is 2. The van der Waals surface area contributed by atoms with Gasteiger partial charge in [-0.2, -0.15) is 0 Å². The van der Waals surface area contributed by atoms with Crippen molar-refractivity contribution in [1.29, 1.82) is 0 Å². The number of halogens is 2. The molecule has 1 aromatic heterocycles. The van der Waals surface area contributed by atoms with Crippen LogP contribution in [0.25, 0.3) is 0 Å². The van der Waals surface area contributed by atoms with Crippen LogP contribution in [0.1, 0.15) is 29.5 Å². The first-order valence-corrected chi connectivity index (χ1v) is 13.4. The van der Waals surface area contributed by atoms with Crippen LogP contribution in [-0.4, -0.2) is 36.7 Å². The Morgan fingerprint density at radius 2 is 1.65 bits per heavy atom.